The molecule has 6 nitrogen and oxygen atoms in total. The van der Waals surface area contributed by atoms with E-state index in [1.807, 2.05) is 29.3 Å². The van der Waals surface area contributed by atoms with E-state index in [0.29, 0.717) is 26.2 Å². The highest BCUT2D eigenvalue weighted by Gasteiger charge is 2.25. The normalized spacial score (nSPS) is 17.7. The van der Waals surface area contributed by atoms with Gasteiger partial charge >= 0.3 is 0 Å². The SMILES string of the molecule is CCN1CCN(CC(=O)N2CCc3cc(=O)n(CCc4ccccc4)cc3C2)CC1. The van der Waals surface area contributed by atoms with Crippen LogP contribution in [0.3, 0.4) is 0 Å². The van der Waals surface area contributed by atoms with E-state index in [9.17, 15) is 9.59 Å². The minimum Gasteiger partial charge on any atom is -0.337 e. The molecule has 0 atom stereocenters. The first-order valence-corrected chi connectivity index (χ1v) is 11.1. The van der Waals surface area contributed by atoms with Gasteiger partial charge in [0.2, 0.25) is 5.91 Å². The van der Waals surface area contributed by atoms with Crippen molar-refractivity contribution in [3.8, 4) is 0 Å². The van der Waals surface area contributed by atoms with E-state index in [1.54, 1.807) is 10.6 Å². The van der Waals surface area contributed by atoms with Crippen molar-refractivity contribution in [2.75, 3.05) is 45.8 Å². The summed E-state index contributed by atoms with van der Waals surface area (Å²) in [7, 11) is 0. The summed E-state index contributed by atoms with van der Waals surface area (Å²) in [6.07, 6.45) is 3.56. The largest absolute Gasteiger partial charge is 0.337 e. The number of fused-ring (bicyclic) bond motifs is 1. The molecular formula is C24H32N4O2. The third-order valence-electron chi connectivity index (χ3n) is 6.43. The van der Waals surface area contributed by atoms with Gasteiger partial charge in [-0.1, -0.05) is 37.3 Å². The minimum absolute atomic E-state index is 0.0539. The molecule has 160 valence electrons. The Morgan fingerprint density at radius 1 is 0.967 bits per heavy atom. The van der Waals surface area contributed by atoms with Crippen molar-refractivity contribution in [3.05, 3.63) is 69.6 Å². The van der Waals surface area contributed by atoms with Crippen molar-refractivity contribution in [3.63, 3.8) is 0 Å². The summed E-state index contributed by atoms with van der Waals surface area (Å²) >= 11 is 0. The minimum atomic E-state index is 0.0539. The monoisotopic (exact) mass is 408 g/mol. The van der Waals surface area contributed by atoms with Crippen molar-refractivity contribution < 1.29 is 4.79 Å². The number of rotatable bonds is 6. The number of hydrogen-bond acceptors (Lipinski definition) is 4. The molecule has 0 bridgehead atoms. The average Bonchev–Trinajstić information content (AvgIpc) is 2.78. The molecular weight excluding hydrogens is 376 g/mol. The number of piperazine rings is 1. The number of pyridine rings is 1. The molecule has 0 unspecified atom stereocenters. The standard InChI is InChI=1S/C24H32N4O2/c1-2-25-12-14-26(15-13-25)19-24(30)28-11-9-21-16-23(29)27(17-22(21)18-28)10-8-20-6-4-3-5-7-20/h3-7,16-17H,2,8-15,18-19H2,1H3. The Labute approximate surface area is 178 Å². The van der Waals surface area contributed by atoms with E-state index in [2.05, 4.69) is 28.9 Å². The molecule has 0 saturated carbocycles. The summed E-state index contributed by atoms with van der Waals surface area (Å²) < 4.78 is 1.80. The lowest BCUT2D eigenvalue weighted by Gasteiger charge is -2.36. The number of nitrogens with zero attached hydrogens (tertiary/aromatic N) is 4. The molecule has 1 saturated heterocycles. The Bertz CT molecular complexity index is 917. The van der Waals surface area contributed by atoms with Crippen LogP contribution in [-0.4, -0.2) is 71.0 Å². The number of hydrogen-bond donors (Lipinski definition) is 0. The van der Waals surface area contributed by atoms with E-state index < -0.39 is 0 Å². The van der Waals surface area contributed by atoms with Gasteiger partial charge in [-0.15, -0.1) is 0 Å². The van der Waals surface area contributed by atoms with Crippen LogP contribution in [0.15, 0.2) is 47.4 Å². The zero-order valence-electron chi connectivity index (χ0n) is 17.9. The molecule has 3 heterocycles. The molecule has 2 aromatic rings. The topological polar surface area (TPSA) is 48.8 Å². The smallest absolute Gasteiger partial charge is 0.250 e. The number of benzene rings is 1. The first-order valence-electron chi connectivity index (χ1n) is 11.1. The van der Waals surface area contributed by atoms with Crippen molar-refractivity contribution in [1.82, 2.24) is 19.3 Å². The molecule has 0 radical (unpaired) electrons. The van der Waals surface area contributed by atoms with Gasteiger partial charge in [0.1, 0.15) is 0 Å². The first kappa shape index (κ1) is 20.8. The van der Waals surface area contributed by atoms with Crippen LogP contribution in [0.5, 0.6) is 0 Å². The molecule has 1 aromatic carbocycles. The van der Waals surface area contributed by atoms with Crippen molar-refractivity contribution in [2.45, 2.75) is 32.9 Å². The summed E-state index contributed by atoms with van der Waals surface area (Å²) in [5.74, 6) is 0.202. The second-order valence-corrected chi connectivity index (χ2v) is 8.37. The molecule has 0 N–H and O–H groups in total. The van der Waals surface area contributed by atoms with Gasteiger partial charge in [0, 0.05) is 58.1 Å². The van der Waals surface area contributed by atoms with E-state index >= 15 is 0 Å². The average molecular weight is 409 g/mol. The van der Waals surface area contributed by atoms with Crippen LogP contribution < -0.4 is 5.56 Å². The third kappa shape index (κ3) is 4.99. The Morgan fingerprint density at radius 3 is 2.43 bits per heavy atom. The fraction of sp³-hybridized carbons (Fsp3) is 0.500. The zero-order chi connectivity index (χ0) is 20.9. The highest BCUT2D eigenvalue weighted by Crippen LogP contribution is 2.18. The zero-order valence-corrected chi connectivity index (χ0v) is 17.9. The van der Waals surface area contributed by atoms with Gasteiger partial charge in [-0.2, -0.15) is 0 Å². The van der Waals surface area contributed by atoms with Gasteiger partial charge in [0.15, 0.2) is 0 Å². The molecule has 0 aliphatic carbocycles. The van der Waals surface area contributed by atoms with Crippen LogP contribution in [-0.2, 0) is 30.7 Å². The molecule has 1 aromatic heterocycles. The summed E-state index contributed by atoms with van der Waals surface area (Å²) in [4.78, 5) is 32.1. The molecule has 30 heavy (non-hydrogen) atoms. The van der Waals surface area contributed by atoms with E-state index in [4.69, 9.17) is 0 Å². The lowest BCUT2D eigenvalue weighted by atomic mass is 10.0. The van der Waals surface area contributed by atoms with Crippen LogP contribution >= 0.6 is 0 Å². The Hall–Kier alpha value is -2.44. The number of amides is 1. The molecule has 4 rings (SSSR count). The second kappa shape index (κ2) is 9.58. The molecule has 1 fully saturated rings. The second-order valence-electron chi connectivity index (χ2n) is 8.37. The number of aromatic nitrogens is 1. The quantitative estimate of drug-likeness (QED) is 0.729. The maximum atomic E-state index is 12.9. The van der Waals surface area contributed by atoms with E-state index in [-0.39, 0.29) is 11.5 Å². The van der Waals surface area contributed by atoms with Crippen molar-refractivity contribution in [1.29, 1.82) is 0 Å². The van der Waals surface area contributed by atoms with Crippen LogP contribution in [0, 0.1) is 0 Å². The van der Waals surface area contributed by atoms with Gasteiger partial charge in [0.05, 0.1) is 6.54 Å². The molecule has 1 amide bonds. The third-order valence-corrected chi connectivity index (χ3v) is 6.43. The predicted molar refractivity (Wildman–Crippen MR) is 119 cm³/mol. The molecule has 2 aliphatic rings. The van der Waals surface area contributed by atoms with Gasteiger partial charge in [0.25, 0.3) is 5.56 Å². The van der Waals surface area contributed by atoms with Crippen LogP contribution in [0.25, 0.3) is 0 Å². The first-order chi connectivity index (χ1) is 14.6. The van der Waals surface area contributed by atoms with E-state index in [0.717, 1.165) is 56.7 Å². The van der Waals surface area contributed by atoms with Gasteiger partial charge in [-0.05, 0) is 36.1 Å². The van der Waals surface area contributed by atoms with E-state index in [1.165, 1.54) is 5.56 Å². The lowest BCUT2D eigenvalue weighted by molar-refractivity contribution is -0.133. The van der Waals surface area contributed by atoms with Crippen LogP contribution in [0.2, 0.25) is 0 Å². The fourth-order valence-corrected chi connectivity index (χ4v) is 4.41. The summed E-state index contributed by atoms with van der Waals surface area (Å²) in [5, 5.41) is 0. The Morgan fingerprint density at radius 2 is 1.70 bits per heavy atom. The highest BCUT2D eigenvalue weighted by molar-refractivity contribution is 5.78. The fourth-order valence-electron chi connectivity index (χ4n) is 4.41. The maximum absolute atomic E-state index is 12.9. The molecule has 2 aliphatic heterocycles. The van der Waals surface area contributed by atoms with Crippen LogP contribution in [0.1, 0.15) is 23.6 Å². The predicted octanol–water partition coefficient (Wildman–Crippen LogP) is 1.61. The number of carbonyl (C=O) groups excluding carboxylic acids is 1. The Balaban J connectivity index is 1.37. The summed E-state index contributed by atoms with van der Waals surface area (Å²) in [6, 6.07) is 12.0. The summed E-state index contributed by atoms with van der Waals surface area (Å²) in [5.41, 5.74) is 3.48. The van der Waals surface area contributed by atoms with Crippen molar-refractivity contribution in [2.24, 2.45) is 0 Å². The molecule has 0 spiro atoms. The van der Waals surface area contributed by atoms with Gasteiger partial charge < -0.3 is 14.4 Å². The summed E-state index contributed by atoms with van der Waals surface area (Å²) in [6.45, 7) is 9.74. The van der Waals surface area contributed by atoms with Gasteiger partial charge in [-0.3, -0.25) is 14.5 Å². The van der Waals surface area contributed by atoms with Crippen molar-refractivity contribution >= 4 is 5.91 Å². The van der Waals surface area contributed by atoms with Gasteiger partial charge in [-0.25, -0.2) is 0 Å². The number of aryl methyl sites for hydroxylation is 2. The number of carbonyl (C=O) groups is 1. The maximum Gasteiger partial charge on any atom is 0.250 e. The Kier molecular flexibility index (Phi) is 6.65. The van der Waals surface area contributed by atoms with Crippen LogP contribution in [0.4, 0.5) is 0 Å². The lowest BCUT2D eigenvalue weighted by Crippen LogP contribution is -2.50. The molecule has 6 heteroatoms. The highest BCUT2D eigenvalue weighted by atomic mass is 16.2. The number of likely N-dealkylation sites (N-methyl/N-ethyl adjacent to an activating group) is 1.